The van der Waals surface area contributed by atoms with Gasteiger partial charge in [-0.05, 0) is 31.7 Å². The first kappa shape index (κ1) is 14.2. The highest BCUT2D eigenvalue weighted by atomic mass is 16.2. The lowest BCUT2D eigenvalue weighted by atomic mass is 10.1. The van der Waals surface area contributed by atoms with Crippen LogP contribution in [0.5, 0.6) is 0 Å². The smallest absolute Gasteiger partial charge is 0.239 e. The molecule has 0 aromatic heterocycles. The average molecular weight is 245 g/mol. The van der Waals surface area contributed by atoms with Crippen molar-refractivity contribution < 1.29 is 4.79 Å². The van der Waals surface area contributed by atoms with Crippen LogP contribution in [-0.2, 0) is 11.3 Å². The number of nitriles is 1. The van der Waals surface area contributed by atoms with Gasteiger partial charge < -0.3 is 4.90 Å². The van der Waals surface area contributed by atoms with Crippen molar-refractivity contribution in [2.24, 2.45) is 0 Å². The van der Waals surface area contributed by atoms with Crippen molar-refractivity contribution in [2.75, 3.05) is 21.1 Å². The monoisotopic (exact) mass is 245 g/mol. The summed E-state index contributed by atoms with van der Waals surface area (Å²) >= 11 is 0. The molecule has 0 spiro atoms. The molecule has 96 valence electrons. The van der Waals surface area contributed by atoms with E-state index in [0.717, 1.165) is 5.56 Å². The van der Waals surface area contributed by atoms with Crippen LogP contribution in [-0.4, -0.2) is 42.9 Å². The van der Waals surface area contributed by atoms with Crippen molar-refractivity contribution in [3.8, 4) is 6.07 Å². The molecule has 0 aliphatic carbocycles. The summed E-state index contributed by atoms with van der Waals surface area (Å²) in [6.45, 7) is 2.53. The summed E-state index contributed by atoms with van der Waals surface area (Å²) in [5, 5.41) is 8.84. The number of hydrogen-bond donors (Lipinski definition) is 0. The van der Waals surface area contributed by atoms with Gasteiger partial charge in [-0.15, -0.1) is 0 Å². The Labute approximate surface area is 108 Å². The first-order chi connectivity index (χ1) is 8.45. The van der Waals surface area contributed by atoms with Gasteiger partial charge in [-0.2, -0.15) is 5.26 Å². The Morgan fingerprint density at radius 2 is 2.06 bits per heavy atom. The predicted octanol–water partition coefficient (Wildman–Crippen LogP) is 1.47. The fourth-order valence-corrected chi connectivity index (χ4v) is 1.73. The number of nitrogens with zero attached hydrogens (tertiary/aromatic N) is 3. The Hall–Kier alpha value is -1.86. The molecule has 0 saturated carbocycles. The number of hydrogen-bond acceptors (Lipinski definition) is 3. The lowest BCUT2D eigenvalue weighted by Gasteiger charge is -2.26. The van der Waals surface area contributed by atoms with Crippen LogP contribution < -0.4 is 0 Å². The Morgan fingerprint density at radius 1 is 1.39 bits per heavy atom. The lowest BCUT2D eigenvalue weighted by Crippen LogP contribution is -2.42. The van der Waals surface area contributed by atoms with E-state index in [-0.39, 0.29) is 11.9 Å². The van der Waals surface area contributed by atoms with E-state index in [1.165, 1.54) is 0 Å². The first-order valence-corrected chi connectivity index (χ1v) is 5.86. The minimum atomic E-state index is -0.175. The largest absolute Gasteiger partial charge is 0.347 e. The van der Waals surface area contributed by atoms with Crippen LogP contribution >= 0.6 is 0 Å². The molecule has 0 N–H and O–H groups in total. The highest BCUT2D eigenvalue weighted by Crippen LogP contribution is 2.09. The SMILES string of the molecule is CC(C(=O)N(C)C)N(C)Cc1cccc(C#N)c1. The van der Waals surface area contributed by atoms with Crippen LogP contribution in [0.1, 0.15) is 18.1 Å². The summed E-state index contributed by atoms with van der Waals surface area (Å²) in [7, 11) is 5.41. The highest BCUT2D eigenvalue weighted by molar-refractivity contribution is 5.80. The minimum Gasteiger partial charge on any atom is -0.347 e. The molecule has 0 radical (unpaired) electrons. The van der Waals surface area contributed by atoms with Gasteiger partial charge in [0.1, 0.15) is 0 Å². The molecule has 1 atom stereocenters. The van der Waals surface area contributed by atoms with Crippen LogP contribution in [0.3, 0.4) is 0 Å². The van der Waals surface area contributed by atoms with Crippen molar-refractivity contribution in [1.29, 1.82) is 5.26 Å². The number of carbonyl (C=O) groups excluding carboxylic acids is 1. The molecule has 1 unspecified atom stereocenters. The molecule has 1 rings (SSSR count). The third-order valence-electron chi connectivity index (χ3n) is 2.95. The number of benzene rings is 1. The quantitative estimate of drug-likeness (QED) is 0.807. The molecule has 0 saturated heterocycles. The van der Waals surface area contributed by atoms with Crippen LogP contribution in [0, 0.1) is 11.3 Å². The maximum atomic E-state index is 11.8. The van der Waals surface area contributed by atoms with Crippen molar-refractivity contribution >= 4 is 5.91 Å². The van der Waals surface area contributed by atoms with E-state index in [1.54, 1.807) is 25.1 Å². The normalized spacial score (nSPS) is 12.0. The summed E-state index contributed by atoms with van der Waals surface area (Å²) in [6, 6.07) is 9.39. The molecule has 1 amide bonds. The minimum absolute atomic E-state index is 0.0777. The molecule has 4 nitrogen and oxygen atoms in total. The molecule has 0 fully saturated rings. The Kier molecular flexibility index (Phi) is 4.87. The molecular weight excluding hydrogens is 226 g/mol. The van der Waals surface area contributed by atoms with E-state index in [4.69, 9.17) is 5.26 Å². The van der Waals surface area contributed by atoms with Gasteiger partial charge in [0.15, 0.2) is 0 Å². The molecule has 1 aromatic carbocycles. The molecule has 0 bridgehead atoms. The van der Waals surface area contributed by atoms with Crippen LogP contribution in [0.4, 0.5) is 0 Å². The lowest BCUT2D eigenvalue weighted by molar-refractivity contribution is -0.133. The first-order valence-electron chi connectivity index (χ1n) is 5.86. The molecule has 1 aromatic rings. The van der Waals surface area contributed by atoms with E-state index in [9.17, 15) is 4.79 Å². The zero-order valence-corrected chi connectivity index (χ0v) is 11.3. The number of likely N-dealkylation sites (N-methyl/N-ethyl adjacent to an activating group) is 2. The second-order valence-corrected chi connectivity index (χ2v) is 4.64. The predicted molar refractivity (Wildman–Crippen MR) is 70.8 cm³/mol. The third kappa shape index (κ3) is 3.57. The standard InChI is InChI=1S/C14H19N3O/c1-11(14(18)16(2)3)17(4)10-13-7-5-6-12(8-13)9-15/h5-8,11H,10H2,1-4H3. The van der Waals surface area contributed by atoms with Crippen molar-refractivity contribution in [2.45, 2.75) is 19.5 Å². The molecule has 0 aliphatic rings. The topological polar surface area (TPSA) is 47.3 Å². The average Bonchev–Trinajstić information content (AvgIpc) is 2.36. The fourth-order valence-electron chi connectivity index (χ4n) is 1.73. The van der Waals surface area contributed by atoms with Crippen LogP contribution in [0.15, 0.2) is 24.3 Å². The summed E-state index contributed by atoms with van der Waals surface area (Å²) in [4.78, 5) is 15.4. The molecule has 4 heteroatoms. The highest BCUT2D eigenvalue weighted by Gasteiger charge is 2.19. The third-order valence-corrected chi connectivity index (χ3v) is 2.95. The van der Waals surface area contributed by atoms with Crippen LogP contribution in [0.25, 0.3) is 0 Å². The van der Waals surface area contributed by atoms with Crippen LogP contribution in [0.2, 0.25) is 0 Å². The summed E-state index contributed by atoms with van der Waals surface area (Å²) in [5.74, 6) is 0.0777. The van der Waals surface area contributed by atoms with Gasteiger partial charge in [-0.3, -0.25) is 9.69 Å². The molecular formula is C14H19N3O. The fraction of sp³-hybridized carbons (Fsp3) is 0.429. The van der Waals surface area contributed by atoms with Crippen molar-refractivity contribution in [3.63, 3.8) is 0 Å². The van der Waals surface area contributed by atoms with Gasteiger partial charge >= 0.3 is 0 Å². The van der Waals surface area contributed by atoms with Crippen molar-refractivity contribution in [3.05, 3.63) is 35.4 Å². The zero-order valence-electron chi connectivity index (χ0n) is 11.3. The summed E-state index contributed by atoms with van der Waals surface area (Å²) < 4.78 is 0. The molecule has 18 heavy (non-hydrogen) atoms. The van der Waals surface area contributed by atoms with E-state index in [2.05, 4.69) is 6.07 Å². The zero-order chi connectivity index (χ0) is 13.7. The second-order valence-electron chi connectivity index (χ2n) is 4.64. The number of rotatable bonds is 4. The maximum Gasteiger partial charge on any atom is 0.239 e. The second kappa shape index (κ2) is 6.18. The van der Waals surface area contributed by atoms with E-state index in [0.29, 0.717) is 12.1 Å². The van der Waals surface area contributed by atoms with Crippen molar-refractivity contribution in [1.82, 2.24) is 9.80 Å². The van der Waals surface area contributed by atoms with Gasteiger partial charge in [-0.1, -0.05) is 12.1 Å². The van der Waals surface area contributed by atoms with E-state index >= 15 is 0 Å². The van der Waals surface area contributed by atoms with Gasteiger partial charge in [0, 0.05) is 20.6 Å². The van der Waals surface area contributed by atoms with Gasteiger partial charge in [-0.25, -0.2) is 0 Å². The van der Waals surface area contributed by atoms with Gasteiger partial charge in [0.05, 0.1) is 17.7 Å². The number of amides is 1. The van der Waals surface area contributed by atoms with Gasteiger partial charge in [0.25, 0.3) is 0 Å². The summed E-state index contributed by atoms with van der Waals surface area (Å²) in [6.07, 6.45) is 0. The number of carbonyl (C=O) groups is 1. The van der Waals surface area contributed by atoms with E-state index < -0.39 is 0 Å². The van der Waals surface area contributed by atoms with E-state index in [1.807, 2.05) is 37.1 Å². The Balaban J connectivity index is 2.72. The molecule has 0 heterocycles. The Morgan fingerprint density at radius 3 is 2.61 bits per heavy atom. The maximum absolute atomic E-state index is 11.8. The Bertz CT molecular complexity index is 462. The van der Waals surface area contributed by atoms with Gasteiger partial charge in [0.2, 0.25) is 5.91 Å². The summed E-state index contributed by atoms with van der Waals surface area (Å²) in [5.41, 5.74) is 1.68. The molecule has 0 aliphatic heterocycles.